The number of nitrogen functional groups attached to an aromatic ring is 1. The van der Waals surface area contributed by atoms with Crippen LogP contribution in [0.1, 0.15) is 11.1 Å². The van der Waals surface area contributed by atoms with Crippen LogP contribution in [0.2, 0.25) is 0 Å². The summed E-state index contributed by atoms with van der Waals surface area (Å²) in [5.74, 6) is 4.45. The van der Waals surface area contributed by atoms with E-state index in [1.54, 1.807) is 36.2 Å². The molecule has 0 heterocycles. The first kappa shape index (κ1) is 20.4. The molecule has 2 aromatic rings. The fourth-order valence-electron chi connectivity index (χ4n) is 2.75. The van der Waals surface area contributed by atoms with Crippen LogP contribution < -0.4 is 21.8 Å². The second-order valence-electron chi connectivity index (χ2n) is 6.04. The number of nitrogens with two attached hydrogens (primary N) is 3. The minimum absolute atomic E-state index is 0.0279. The Morgan fingerprint density at radius 3 is 2.33 bits per heavy atom. The van der Waals surface area contributed by atoms with E-state index in [9.17, 15) is 13.2 Å². The molecule has 0 saturated carbocycles. The van der Waals surface area contributed by atoms with Crippen molar-refractivity contribution in [3.63, 3.8) is 0 Å². The molecular formula is C17H22N5O4S+. The van der Waals surface area contributed by atoms with Gasteiger partial charge in [0.2, 0.25) is 10.0 Å². The summed E-state index contributed by atoms with van der Waals surface area (Å²) in [5, 5.41) is 16.4. The summed E-state index contributed by atoms with van der Waals surface area (Å²) >= 11 is 0. The Labute approximate surface area is 157 Å². The van der Waals surface area contributed by atoms with Crippen LogP contribution in [0.25, 0.3) is 11.1 Å². The van der Waals surface area contributed by atoms with E-state index in [1.165, 1.54) is 6.07 Å². The Hall–Kier alpha value is -2.95. The van der Waals surface area contributed by atoms with E-state index in [4.69, 9.17) is 21.8 Å². The second-order valence-corrected chi connectivity index (χ2v) is 7.57. The lowest BCUT2D eigenvalue weighted by Gasteiger charge is -2.15. The third-order valence-corrected chi connectivity index (χ3v) is 4.83. The van der Waals surface area contributed by atoms with Gasteiger partial charge < -0.3 is 5.11 Å². The van der Waals surface area contributed by atoms with Crippen molar-refractivity contribution in [3.05, 3.63) is 53.6 Å². The van der Waals surface area contributed by atoms with E-state index in [-0.39, 0.29) is 22.8 Å². The predicted octanol–water partition coefficient (Wildman–Crippen LogP) is -1.82. The number of hydrazone groups is 1. The Morgan fingerprint density at radius 1 is 1.19 bits per heavy atom. The second kappa shape index (κ2) is 8.16. The topological polar surface area (TPSA) is 167 Å². The van der Waals surface area contributed by atoms with Gasteiger partial charge in [-0.25, -0.2) is 13.6 Å². The minimum atomic E-state index is -4.01. The summed E-state index contributed by atoms with van der Waals surface area (Å²) in [6.07, 6.45) is 0. The number of carbonyl (C=O) groups is 1. The number of carboxylic acid groups (broad SMARTS) is 1. The summed E-state index contributed by atoms with van der Waals surface area (Å²) in [7, 11) is -2.31. The van der Waals surface area contributed by atoms with Crippen LogP contribution in [0.5, 0.6) is 0 Å². The smallest absolute Gasteiger partial charge is 0.317 e. The standard InChI is InChI=1S/C17H21N5O4S/c1-22(10-15(23)24)9-11-5-7-12(8-6-11)13-3-2-4-14(27(20,25)26)16(13)17(18)21-19/h2-8H,9-10,19H2,1H3,(H2,18,21)(H,23,24)(H2,20,25,26)/p+1. The number of nitrogens with one attached hydrogen (secondary N) is 1. The van der Waals surface area contributed by atoms with Gasteiger partial charge in [0, 0.05) is 6.54 Å². The molecule has 2 rings (SSSR count). The fraction of sp³-hybridized carbons (Fsp3) is 0.176. The average Bonchev–Trinajstić information content (AvgIpc) is 2.59. The van der Waals surface area contributed by atoms with Gasteiger partial charge in [0.25, 0.3) is 5.84 Å². The zero-order valence-electron chi connectivity index (χ0n) is 14.7. The maximum atomic E-state index is 11.9. The average molecular weight is 392 g/mol. The number of amidine groups is 1. The van der Waals surface area contributed by atoms with Crippen molar-refractivity contribution < 1.29 is 23.4 Å². The van der Waals surface area contributed by atoms with Gasteiger partial charge in [-0.1, -0.05) is 36.4 Å². The van der Waals surface area contributed by atoms with Gasteiger partial charge in [0.05, 0.1) is 17.0 Å². The van der Waals surface area contributed by atoms with Crippen molar-refractivity contribution >= 4 is 21.8 Å². The number of benzene rings is 2. The number of primary sulfonamides is 1. The highest BCUT2D eigenvalue weighted by Crippen LogP contribution is 2.28. The van der Waals surface area contributed by atoms with Crippen LogP contribution in [0.15, 0.2) is 47.4 Å². The van der Waals surface area contributed by atoms with Crippen LogP contribution in [0, 0.1) is 0 Å². The highest BCUT2D eigenvalue weighted by atomic mass is 32.2. The van der Waals surface area contributed by atoms with Crippen molar-refractivity contribution in [2.45, 2.75) is 11.4 Å². The van der Waals surface area contributed by atoms with E-state index in [2.05, 4.69) is 5.10 Å². The van der Waals surface area contributed by atoms with E-state index < -0.39 is 16.0 Å². The number of hydrogen-bond donors (Lipinski definition) is 5. The Kier molecular flexibility index (Phi) is 6.16. The van der Waals surface area contributed by atoms with E-state index in [0.717, 1.165) is 5.56 Å². The zero-order chi connectivity index (χ0) is 20.2. The predicted molar refractivity (Wildman–Crippen MR) is 101 cm³/mol. The molecule has 10 heteroatoms. The van der Waals surface area contributed by atoms with Gasteiger partial charge in [-0.3, -0.25) is 21.3 Å². The van der Waals surface area contributed by atoms with Crippen molar-refractivity contribution in [2.24, 2.45) is 16.7 Å². The van der Waals surface area contributed by atoms with E-state index in [0.29, 0.717) is 17.7 Å². The number of likely N-dealkylation sites (N-methyl/N-ethyl adjacent to an activating group) is 1. The molecule has 9 nitrogen and oxygen atoms in total. The molecule has 144 valence electrons. The molecule has 0 aliphatic heterocycles. The zero-order valence-corrected chi connectivity index (χ0v) is 15.5. The van der Waals surface area contributed by atoms with Gasteiger partial charge in [0.15, 0.2) is 0 Å². The molecule has 0 saturated heterocycles. The normalized spacial score (nSPS) is 12.3. The fourth-order valence-corrected chi connectivity index (χ4v) is 3.52. The lowest BCUT2D eigenvalue weighted by Crippen LogP contribution is -2.82. The summed E-state index contributed by atoms with van der Waals surface area (Å²) in [5.41, 5.74) is 8.22. The number of carboxylic acids is 1. The third-order valence-electron chi connectivity index (χ3n) is 3.88. The molecule has 0 aromatic heterocycles. The molecule has 0 amide bonds. The molecule has 0 fully saturated rings. The molecule has 0 atom stereocenters. The van der Waals surface area contributed by atoms with E-state index in [1.807, 2.05) is 12.1 Å². The van der Waals surface area contributed by atoms with Gasteiger partial charge in [0.1, 0.15) is 0 Å². The summed E-state index contributed by atoms with van der Waals surface area (Å²) in [6.45, 7) is 0.380. The first-order valence-electron chi connectivity index (χ1n) is 7.88. The number of aliphatic carboxylic acids is 1. The summed E-state index contributed by atoms with van der Waals surface area (Å²) < 4.78 is 23.8. The Bertz CT molecular complexity index is 971. The maximum absolute atomic E-state index is 11.9. The number of nitrogens with zero attached hydrogens (tertiary/aromatic N) is 1. The van der Waals surface area contributed by atoms with Gasteiger partial charge in [-0.15, -0.1) is 0 Å². The SMILES string of the molecule is CN(CC(=O)O)Cc1ccc(-c2cccc(S(N)(=O)=O)c2C(N)=[NH+]N)cc1. The van der Waals surface area contributed by atoms with Gasteiger partial charge in [-0.2, -0.15) is 5.10 Å². The van der Waals surface area contributed by atoms with E-state index >= 15 is 0 Å². The molecule has 0 aliphatic rings. The van der Waals surface area contributed by atoms with Crippen molar-refractivity contribution in [1.82, 2.24) is 4.90 Å². The summed E-state index contributed by atoms with van der Waals surface area (Å²) in [4.78, 5) is 12.3. The van der Waals surface area contributed by atoms with Crippen LogP contribution in [0.4, 0.5) is 0 Å². The lowest BCUT2D eigenvalue weighted by molar-refractivity contribution is -0.469. The minimum Gasteiger partial charge on any atom is -0.480 e. The molecule has 0 aliphatic carbocycles. The Balaban J connectivity index is 2.45. The molecule has 0 spiro atoms. The first-order valence-corrected chi connectivity index (χ1v) is 9.43. The molecule has 8 N–H and O–H groups in total. The van der Waals surface area contributed by atoms with Gasteiger partial charge >= 0.3 is 5.97 Å². The van der Waals surface area contributed by atoms with Gasteiger partial charge in [-0.05, 0) is 29.8 Å². The number of sulfonamides is 1. The summed E-state index contributed by atoms with van der Waals surface area (Å²) in [6, 6.07) is 11.9. The van der Waals surface area contributed by atoms with Crippen LogP contribution in [-0.4, -0.2) is 43.8 Å². The third kappa shape index (κ3) is 5.03. The largest absolute Gasteiger partial charge is 0.480 e. The highest BCUT2D eigenvalue weighted by Gasteiger charge is 2.23. The number of rotatable bonds is 7. The molecule has 27 heavy (non-hydrogen) atoms. The van der Waals surface area contributed by atoms with Crippen LogP contribution >= 0.6 is 0 Å². The monoisotopic (exact) mass is 392 g/mol. The molecular weight excluding hydrogens is 370 g/mol. The molecule has 0 radical (unpaired) electrons. The molecule has 0 unspecified atom stereocenters. The highest BCUT2D eigenvalue weighted by molar-refractivity contribution is 7.89. The molecule has 2 aromatic carbocycles. The molecule has 0 bridgehead atoms. The Morgan fingerprint density at radius 2 is 1.81 bits per heavy atom. The maximum Gasteiger partial charge on any atom is 0.317 e. The lowest BCUT2D eigenvalue weighted by atomic mass is 9.98. The number of hydrazine groups is 1. The van der Waals surface area contributed by atoms with Crippen molar-refractivity contribution in [3.8, 4) is 11.1 Å². The van der Waals surface area contributed by atoms with Crippen molar-refractivity contribution in [1.29, 1.82) is 0 Å². The number of hydrogen-bond acceptors (Lipinski definition) is 5. The van der Waals surface area contributed by atoms with Crippen molar-refractivity contribution in [2.75, 3.05) is 13.6 Å². The van der Waals surface area contributed by atoms with Crippen LogP contribution in [0.3, 0.4) is 0 Å². The first-order chi connectivity index (χ1) is 12.6. The van der Waals surface area contributed by atoms with Crippen LogP contribution in [-0.2, 0) is 21.4 Å². The quantitative estimate of drug-likeness (QED) is 0.160.